The molecule has 18 heavy (non-hydrogen) atoms. The van der Waals surface area contributed by atoms with Crippen molar-refractivity contribution in [3.63, 3.8) is 0 Å². The van der Waals surface area contributed by atoms with E-state index in [2.05, 4.69) is 31.1 Å². The van der Waals surface area contributed by atoms with Crippen molar-refractivity contribution in [3.8, 4) is 0 Å². The van der Waals surface area contributed by atoms with E-state index in [-0.39, 0.29) is 0 Å². The monoisotopic (exact) mass is 252 g/mol. The van der Waals surface area contributed by atoms with Gasteiger partial charge >= 0.3 is 0 Å². The maximum Gasteiger partial charge on any atom is 0.00979 e. The van der Waals surface area contributed by atoms with Gasteiger partial charge in [-0.15, -0.1) is 0 Å². The summed E-state index contributed by atoms with van der Waals surface area (Å²) in [5, 5.41) is 3.34. The van der Waals surface area contributed by atoms with Crippen molar-refractivity contribution in [1.82, 2.24) is 10.2 Å². The first-order valence-corrected chi connectivity index (χ1v) is 8.09. The van der Waals surface area contributed by atoms with Gasteiger partial charge in [0, 0.05) is 6.04 Å². The molecule has 2 fully saturated rings. The summed E-state index contributed by atoms with van der Waals surface area (Å²) >= 11 is 0. The predicted octanol–water partition coefficient (Wildman–Crippen LogP) is 3.13. The van der Waals surface area contributed by atoms with E-state index >= 15 is 0 Å². The third kappa shape index (κ3) is 3.71. The van der Waals surface area contributed by atoms with Crippen LogP contribution in [0.4, 0.5) is 0 Å². The minimum absolute atomic E-state index is 0.884. The number of nitrogens with zero attached hydrogens (tertiary/aromatic N) is 1. The molecule has 1 heterocycles. The van der Waals surface area contributed by atoms with E-state index < -0.39 is 0 Å². The third-order valence-electron chi connectivity index (χ3n) is 5.29. The number of rotatable bonds is 4. The summed E-state index contributed by atoms with van der Waals surface area (Å²) in [5.41, 5.74) is 0. The molecule has 0 aromatic carbocycles. The van der Waals surface area contributed by atoms with Gasteiger partial charge in [-0.05, 0) is 70.1 Å². The lowest BCUT2D eigenvalue weighted by Gasteiger charge is -2.42. The zero-order chi connectivity index (χ0) is 13.0. The van der Waals surface area contributed by atoms with Crippen molar-refractivity contribution in [3.05, 3.63) is 0 Å². The molecule has 2 nitrogen and oxygen atoms in total. The van der Waals surface area contributed by atoms with Crippen LogP contribution in [0.1, 0.15) is 52.4 Å². The molecule has 106 valence electrons. The summed E-state index contributed by atoms with van der Waals surface area (Å²) in [7, 11) is 2.08. The van der Waals surface area contributed by atoms with Crippen molar-refractivity contribution in [2.45, 2.75) is 58.4 Å². The van der Waals surface area contributed by atoms with E-state index in [1.165, 1.54) is 58.2 Å². The summed E-state index contributed by atoms with van der Waals surface area (Å²) in [5.74, 6) is 2.80. The van der Waals surface area contributed by atoms with Crippen LogP contribution in [0.2, 0.25) is 0 Å². The van der Waals surface area contributed by atoms with E-state index in [0.717, 1.165) is 23.8 Å². The highest BCUT2D eigenvalue weighted by Gasteiger charge is 2.30. The highest BCUT2D eigenvalue weighted by atomic mass is 15.2. The van der Waals surface area contributed by atoms with Crippen LogP contribution in [0.25, 0.3) is 0 Å². The Morgan fingerprint density at radius 3 is 2.44 bits per heavy atom. The fraction of sp³-hybridized carbons (Fsp3) is 1.00. The number of nitrogens with one attached hydrogen (secondary N) is 1. The summed E-state index contributed by atoms with van der Waals surface area (Å²) in [4.78, 5) is 2.81. The molecule has 0 amide bonds. The molecule has 1 saturated heterocycles. The van der Waals surface area contributed by atoms with Crippen LogP contribution in [0.3, 0.4) is 0 Å². The number of hydrogen-bond donors (Lipinski definition) is 1. The van der Waals surface area contributed by atoms with E-state index in [1.54, 1.807) is 0 Å². The average Bonchev–Trinajstić information content (AvgIpc) is 2.40. The second-order valence-corrected chi connectivity index (χ2v) is 6.86. The van der Waals surface area contributed by atoms with Gasteiger partial charge in [-0.1, -0.05) is 26.7 Å². The summed E-state index contributed by atoms with van der Waals surface area (Å²) in [6.45, 7) is 8.73. The fourth-order valence-corrected chi connectivity index (χ4v) is 3.95. The topological polar surface area (TPSA) is 15.3 Å². The van der Waals surface area contributed by atoms with Gasteiger partial charge in [0.25, 0.3) is 0 Å². The molecule has 0 radical (unpaired) electrons. The number of hydrogen-bond acceptors (Lipinski definition) is 2. The lowest BCUT2D eigenvalue weighted by atomic mass is 9.78. The molecule has 2 unspecified atom stereocenters. The quantitative estimate of drug-likeness (QED) is 0.827. The first kappa shape index (κ1) is 14.3. The average molecular weight is 252 g/mol. The van der Waals surface area contributed by atoms with E-state index in [1.807, 2.05) is 0 Å². The Kier molecular flexibility index (Phi) is 5.50. The Balaban J connectivity index is 1.78. The van der Waals surface area contributed by atoms with Crippen LogP contribution in [0, 0.1) is 17.8 Å². The smallest absolute Gasteiger partial charge is 0.00979 e. The predicted molar refractivity (Wildman–Crippen MR) is 78.8 cm³/mol. The standard InChI is InChI=1S/C16H32N2/c1-13(2)15-5-4-6-16(11-15)18-9-7-14(8-10-18)12-17-3/h13-17H,4-12H2,1-3H3. The second kappa shape index (κ2) is 6.91. The largest absolute Gasteiger partial charge is 0.319 e. The zero-order valence-electron chi connectivity index (χ0n) is 12.6. The lowest BCUT2D eigenvalue weighted by molar-refractivity contribution is 0.0797. The van der Waals surface area contributed by atoms with Gasteiger partial charge in [0.05, 0.1) is 0 Å². The first-order chi connectivity index (χ1) is 8.70. The molecule has 2 atom stereocenters. The first-order valence-electron chi connectivity index (χ1n) is 8.09. The Morgan fingerprint density at radius 1 is 1.11 bits per heavy atom. The van der Waals surface area contributed by atoms with E-state index in [0.29, 0.717) is 0 Å². The van der Waals surface area contributed by atoms with Crippen molar-refractivity contribution < 1.29 is 0 Å². The molecule has 1 aliphatic heterocycles. The third-order valence-corrected chi connectivity index (χ3v) is 5.29. The van der Waals surface area contributed by atoms with E-state index in [4.69, 9.17) is 0 Å². The zero-order valence-corrected chi connectivity index (χ0v) is 12.6. The second-order valence-electron chi connectivity index (χ2n) is 6.86. The molecule has 0 aromatic heterocycles. The van der Waals surface area contributed by atoms with Crippen LogP contribution in [0.15, 0.2) is 0 Å². The molecule has 1 N–H and O–H groups in total. The van der Waals surface area contributed by atoms with Crippen LogP contribution in [-0.2, 0) is 0 Å². The van der Waals surface area contributed by atoms with Crippen molar-refractivity contribution in [2.75, 3.05) is 26.7 Å². The molecule has 2 aliphatic rings. The van der Waals surface area contributed by atoms with Crippen LogP contribution >= 0.6 is 0 Å². The SMILES string of the molecule is CNCC1CCN(C2CCCC(C(C)C)C2)CC1. The highest BCUT2D eigenvalue weighted by molar-refractivity contribution is 4.84. The molecular weight excluding hydrogens is 220 g/mol. The Bertz CT molecular complexity index is 231. The van der Waals surface area contributed by atoms with Gasteiger partial charge < -0.3 is 10.2 Å². The maximum absolute atomic E-state index is 3.34. The van der Waals surface area contributed by atoms with Gasteiger partial charge in [0.15, 0.2) is 0 Å². The Morgan fingerprint density at radius 2 is 1.83 bits per heavy atom. The maximum atomic E-state index is 3.34. The molecule has 2 heteroatoms. The van der Waals surface area contributed by atoms with Crippen molar-refractivity contribution in [1.29, 1.82) is 0 Å². The summed E-state index contributed by atoms with van der Waals surface area (Å²) in [6.07, 6.45) is 8.68. The normalized spacial score (nSPS) is 32.0. The van der Waals surface area contributed by atoms with Crippen LogP contribution < -0.4 is 5.32 Å². The molecule has 0 bridgehead atoms. The lowest BCUT2D eigenvalue weighted by Crippen LogP contribution is -2.45. The van der Waals surface area contributed by atoms with Gasteiger partial charge in [-0.3, -0.25) is 0 Å². The molecule has 2 rings (SSSR count). The fourth-order valence-electron chi connectivity index (χ4n) is 3.95. The molecular formula is C16H32N2. The molecule has 1 aliphatic carbocycles. The van der Waals surface area contributed by atoms with Gasteiger partial charge in [-0.25, -0.2) is 0 Å². The molecule has 0 aromatic rings. The van der Waals surface area contributed by atoms with E-state index in [9.17, 15) is 0 Å². The van der Waals surface area contributed by atoms with Crippen molar-refractivity contribution in [2.24, 2.45) is 17.8 Å². The Hall–Kier alpha value is -0.0800. The number of piperidine rings is 1. The Labute approximate surface area is 114 Å². The molecule has 1 saturated carbocycles. The minimum atomic E-state index is 0.884. The summed E-state index contributed by atoms with van der Waals surface area (Å²) in [6, 6.07) is 0.904. The summed E-state index contributed by atoms with van der Waals surface area (Å²) < 4.78 is 0. The van der Waals surface area contributed by atoms with Crippen molar-refractivity contribution >= 4 is 0 Å². The van der Waals surface area contributed by atoms with Gasteiger partial charge in [-0.2, -0.15) is 0 Å². The van der Waals surface area contributed by atoms with Crippen LogP contribution in [-0.4, -0.2) is 37.6 Å². The van der Waals surface area contributed by atoms with Gasteiger partial charge in [0.1, 0.15) is 0 Å². The minimum Gasteiger partial charge on any atom is -0.319 e. The van der Waals surface area contributed by atoms with Crippen LogP contribution in [0.5, 0.6) is 0 Å². The van der Waals surface area contributed by atoms with Gasteiger partial charge in [0.2, 0.25) is 0 Å². The highest BCUT2D eigenvalue weighted by Crippen LogP contribution is 2.33. The molecule has 0 spiro atoms. The number of likely N-dealkylation sites (tertiary alicyclic amines) is 1.